The summed E-state index contributed by atoms with van der Waals surface area (Å²) < 4.78 is 45.0. The Balaban J connectivity index is 1.69. The van der Waals surface area contributed by atoms with Crippen molar-refractivity contribution < 1.29 is 37.4 Å². The van der Waals surface area contributed by atoms with Crippen molar-refractivity contribution in [2.45, 2.75) is 52.8 Å². The summed E-state index contributed by atoms with van der Waals surface area (Å²) in [6, 6.07) is 2.92. The molecule has 2 atom stereocenters. The molecule has 0 aliphatic carbocycles. The standard InChI is InChI=1S/C26H28F2N2O7/c1-14(2)25(34)37-13-36-22-20-23(32)26(3)7-4-8-35-19(26)12-30(20)11-17(21(22)31)24(33)29-10-15-5-6-16(27)9-18(15)28/h5-6,9,11,14,19H,4,7-8,10,12-13H2,1-3H3,(H,29,33)/t19-,26-/m0/s1. The third kappa shape index (κ3) is 5.13. The summed E-state index contributed by atoms with van der Waals surface area (Å²) in [4.78, 5) is 51.8. The number of nitrogens with zero attached hydrogens (tertiary/aromatic N) is 1. The first-order chi connectivity index (χ1) is 17.5. The number of ether oxygens (including phenoxy) is 3. The molecule has 4 rings (SSSR count). The molecule has 2 aliphatic rings. The molecule has 11 heteroatoms. The van der Waals surface area contributed by atoms with Gasteiger partial charge in [0.05, 0.1) is 24.0 Å². The lowest BCUT2D eigenvalue weighted by atomic mass is 9.71. The molecule has 1 fully saturated rings. The van der Waals surface area contributed by atoms with Gasteiger partial charge in [0.15, 0.2) is 11.5 Å². The van der Waals surface area contributed by atoms with E-state index in [-0.39, 0.29) is 35.7 Å². The lowest BCUT2D eigenvalue weighted by Gasteiger charge is -2.44. The van der Waals surface area contributed by atoms with Gasteiger partial charge in [-0.15, -0.1) is 0 Å². The van der Waals surface area contributed by atoms with E-state index in [0.717, 1.165) is 6.07 Å². The first kappa shape index (κ1) is 26.5. The average Bonchev–Trinajstić information content (AvgIpc) is 2.85. The fourth-order valence-electron chi connectivity index (χ4n) is 4.53. The monoisotopic (exact) mass is 518 g/mol. The number of rotatable bonds is 7. The lowest BCUT2D eigenvalue weighted by Crippen LogP contribution is -2.52. The van der Waals surface area contributed by atoms with Gasteiger partial charge in [0.2, 0.25) is 12.2 Å². The summed E-state index contributed by atoms with van der Waals surface area (Å²) in [5.74, 6) is -4.25. The van der Waals surface area contributed by atoms with Crippen LogP contribution in [0.5, 0.6) is 5.75 Å². The van der Waals surface area contributed by atoms with E-state index in [4.69, 9.17) is 14.2 Å². The Morgan fingerprint density at radius 1 is 1.27 bits per heavy atom. The molecule has 0 saturated carbocycles. The van der Waals surface area contributed by atoms with Crippen LogP contribution in [0, 0.1) is 23.0 Å². The van der Waals surface area contributed by atoms with E-state index < -0.39 is 58.9 Å². The van der Waals surface area contributed by atoms with Gasteiger partial charge in [-0.3, -0.25) is 19.2 Å². The van der Waals surface area contributed by atoms with Crippen LogP contribution in [0.4, 0.5) is 8.78 Å². The molecule has 0 bridgehead atoms. The number of pyridine rings is 1. The van der Waals surface area contributed by atoms with Crippen molar-refractivity contribution in [3.8, 4) is 5.75 Å². The summed E-state index contributed by atoms with van der Waals surface area (Å²) in [7, 11) is 0. The maximum atomic E-state index is 14.0. The van der Waals surface area contributed by atoms with Crippen molar-refractivity contribution in [3.63, 3.8) is 0 Å². The van der Waals surface area contributed by atoms with Crippen LogP contribution in [0.1, 0.15) is 60.0 Å². The van der Waals surface area contributed by atoms with Crippen molar-refractivity contribution in [3.05, 3.63) is 63.1 Å². The van der Waals surface area contributed by atoms with E-state index >= 15 is 0 Å². The average molecular weight is 519 g/mol. The van der Waals surface area contributed by atoms with Crippen LogP contribution in [0.2, 0.25) is 0 Å². The maximum Gasteiger partial charge on any atom is 0.311 e. The van der Waals surface area contributed by atoms with Gasteiger partial charge in [0, 0.05) is 31.0 Å². The minimum absolute atomic E-state index is 0.0198. The highest BCUT2D eigenvalue weighted by Crippen LogP contribution is 2.42. The third-order valence-electron chi connectivity index (χ3n) is 6.78. The molecular weight excluding hydrogens is 490 g/mol. The largest absolute Gasteiger partial charge is 0.451 e. The number of hydrogen-bond acceptors (Lipinski definition) is 7. The highest BCUT2D eigenvalue weighted by atomic mass is 19.1. The zero-order valence-electron chi connectivity index (χ0n) is 20.8. The molecule has 3 heterocycles. The Bertz CT molecular complexity index is 1310. The Labute approximate surface area is 211 Å². The molecule has 0 radical (unpaired) electrons. The molecule has 2 aromatic rings. The number of fused-ring (bicyclic) bond motifs is 2. The van der Waals surface area contributed by atoms with Crippen LogP contribution in [0.3, 0.4) is 0 Å². The third-order valence-corrected chi connectivity index (χ3v) is 6.78. The van der Waals surface area contributed by atoms with E-state index in [1.165, 1.54) is 16.8 Å². The van der Waals surface area contributed by atoms with Crippen LogP contribution >= 0.6 is 0 Å². The molecule has 9 nitrogen and oxygen atoms in total. The molecular formula is C26H28F2N2O7. The molecule has 1 saturated heterocycles. The lowest BCUT2D eigenvalue weighted by molar-refractivity contribution is -0.154. The van der Waals surface area contributed by atoms with Crippen molar-refractivity contribution in [2.24, 2.45) is 11.3 Å². The van der Waals surface area contributed by atoms with Crippen LogP contribution in [-0.2, 0) is 27.4 Å². The minimum Gasteiger partial charge on any atom is -0.451 e. The van der Waals surface area contributed by atoms with Gasteiger partial charge < -0.3 is 24.1 Å². The maximum absolute atomic E-state index is 14.0. The molecule has 1 aromatic carbocycles. The molecule has 1 N–H and O–H groups in total. The number of amides is 1. The van der Waals surface area contributed by atoms with Gasteiger partial charge in [-0.25, -0.2) is 8.78 Å². The summed E-state index contributed by atoms with van der Waals surface area (Å²) in [6.45, 7) is 4.75. The number of hydrogen-bond donors (Lipinski definition) is 1. The van der Waals surface area contributed by atoms with Gasteiger partial charge in [-0.2, -0.15) is 0 Å². The Morgan fingerprint density at radius 2 is 2.03 bits per heavy atom. The predicted octanol–water partition coefficient (Wildman–Crippen LogP) is 2.97. The SMILES string of the molecule is CC(C)C(=O)OCOc1c2n(cc(C(=O)NCc3ccc(F)cc3F)c1=O)C[C@@H]1OCCC[C@]1(C)C2=O. The molecule has 1 amide bonds. The normalized spacial score (nSPS) is 20.7. The molecule has 37 heavy (non-hydrogen) atoms. The van der Waals surface area contributed by atoms with Crippen molar-refractivity contribution in [1.29, 1.82) is 0 Å². The first-order valence-corrected chi connectivity index (χ1v) is 12.0. The Hall–Kier alpha value is -3.60. The number of carbonyl (C=O) groups excluding carboxylic acids is 3. The predicted molar refractivity (Wildman–Crippen MR) is 126 cm³/mol. The second-order valence-corrected chi connectivity index (χ2v) is 9.71. The molecule has 2 aliphatic heterocycles. The summed E-state index contributed by atoms with van der Waals surface area (Å²) in [6.07, 6.45) is 2.00. The molecule has 0 spiro atoms. The number of aromatic nitrogens is 1. The summed E-state index contributed by atoms with van der Waals surface area (Å²) >= 11 is 0. The summed E-state index contributed by atoms with van der Waals surface area (Å²) in [5.41, 5.74) is -2.14. The Morgan fingerprint density at radius 3 is 2.73 bits per heavy atom. The summed E-state index contributed by atoms with van der Waals surface area (Å²) in [5, 5.41) is 2.44. The van der Waals surface area contributed by atoms with Crippen LogP contribution in [-0.4, -0.2) is 41.7 Å². The number of halogens is 2. The molecule has 0 unspecified atom stereocenters. The van der Waals surface area contributed by atoms with Gasteiger partial charge in [0.25, 0.3) is 5.91 Å². The zero-order chi connectivity index (χ0) is 26.9. The van der Waals surface area contributed by atoms with Gasteiger partial charge in [-0.05, 0) is 25.8 Å². The highest BCUT2D eigenvalue weighted by molar-refractivity contribution is 6.03. The van der Waals surface area contributed by atoms with Gasteiger partial charge >= 0.3 is 5.97 Å². The molecule has 1 aromatic heterocycles. The number of esters is 1. The van der Waals surface area contributed by atoms with E-state index in [1.807, 2.05) is 0 Å². The van der Waals surface area contributed by atoms with Crippen molar-refractivity contribution in [1.82, 2.24) is 9.88 Å². The van der Waals surface area contributed by atoms with E-state index in [2.05, 4.69) is 5.32 Å². The van der Waals surface area contributed by atoms with E-state index in [0.29, 0.717) is 25.5 Å². The van der Waals surface area contributed by atoms with Crippen molar-refractivity contribution in [2.75, 3.05) is 13.4 Å². The molecule has 198 valence electrons. The Kier molecular flexibility index (Phi) is 7.44. The second-order valence-electron chi connectivity index (χ2n) is 9.71. The van der Waals surface area contributed by atoms with Crippen LogP contribution < -0.4 is 15.5 Å². The van der Waals surface area contributed by atoms with Gasteiger partial charge in [0.1, 0.15) is 22.9 Å². The fourth-order valence-corrected chi connectivity index (χ4v) is 4.53. The van der Waals surface area contributed by atoms with Crippen molar-refractivity contribution >= 4 is 17.7 Å². The number of Topliss-reactive ketones (excluding diaryl/α,β-unsaturated/α-hetero) is 1. The number of ketones is 1. The van der Waals surface area contributed by atoms with Gasteiger partial charge in [-0.1, -0.05) is 19.9 Å². The quantitative estimate of drug-likeness (QED) is 0.443. The second kappa shape index (κ2) is 10.4. The first-order valence-electron chi connectivity index (χ1n) is 12.0. The smallest absolute Gasteiger partial charge is 0.311 e. The number of nitrogens with one attached hydrogen (secondary N) is 1. The fraction of sp³-hybridized carbons (Fsp3) is 0.462. The van der Waals surface area contributed by atoms with E-state index in [9.17, 15) is 28.0 Å². The number of carbonyl (C=O) groups is 3. The number of benzene rings is 1. The zero-order valence-corrected chi connectivity index (χ0v) is 20.8. The van der Waals surface area contributed by atoms with Crippen LogP contribution in [0.15, 0.2) is 29.2 Å². The van der Waals surface area contributed by atoms with Crippen LogP contribution in [0.25, 0.3) is 0 Å². The van der Waals surface area contributed by atoms with E-state index in [1.54, 1.807) is 20.8 Å². The minimum atomic E-state index is -0.888. The topological polar surface area (TPSA) is 113 Å². The highest BCUT2D eigenvalue weighted by Gasteiger charge is 2.50.